The largest absolute Gasteiger partial charge is 0.454 e. The number of hydrogen-bond donors (Lipinski definition) is 1. The number of imide groups is 1. The molecule has 0 radical (unpaired) electrons. The van der Waals surface area contributed by atoms with Crippen LogP contribution < -0.4 is 15.2 Å². The second kappa shape index (κ2) is 6.60. The molecule has 138 valence electrons. The molecule has 8 heteroatoms. The van der Waals surface area contributed by atoms with E-state index in [1.54, 1.807) is 12.1 Å². The van der Waals surface area contributed by atoms with Crippen LogP contribution in [0, 0.1) is 5.92 Å². The van der Waals surface area contributed by atoms with Crippen LogP contribution in [0.2, 0.25) is 0 Å². The molecule has 0 bridgehead atoms. The molecule has 0 aromatic heterocycles. The highest BCUT2D eigenvalue weighted by Crippen LogP contribution is 2.33. The number of rotatable bonds is 4. The molecule has 3 heterocycles. The third kappa shape index (κ3) is 3.01. The minimum absolute atomic E-state index is 0.136. The Bertz CT molecular complexity index is 757. The fraction of sp³-hybridized carbons (Fsp3) is 0.500. The summed E-state index contributed by atoms with van der Waals surface area (Å²) < 4.78 is 10.6. The van der Waals surface area contributed by atoms with Crippen LogP contribution >= 0.6 is 0 Å². The number of carbonyl (C=O) groups excluding carboxylic acids is 3. The molecule has 2 N–H and O–H groups in total. The van der Waals surface area contributed by atoms with Gasteiger partial charge >= 0.3 is 0 Å². The molecular weight excluding hydrogens is 338 g/mol. The van der Waals surface area contributed by atoms with Crippen molar-refractivity contribution in [2.45, 2.75) is 31.8 Å². The first kappa shape index (κ1) is 16.8. The molecule has 3 amide bonds. The average molecular weight is 359 g/mol. The molecular formula is C18H21N3O5. The van der Waals surface area contributed by atoms with Gasteiger partial charge in [-0.15, -0.1) is 0 Å². The van der Waals surface area contributed by atoms with Gasteiger partial charge in [-0.2, -0.15) is 0 Å². The molecule has 1 aromatic carbocycles. The predicted molar refractivity (Wildman–Crippen MR) is 90.0 cm³/mol. The highest BCUT2D eigenvalue weighted by molar-refractivity contribution is 6.05. The fourth-order valence-corrected chi connectivity index (χ4v) is 3.83. The second-order valence-electron chi connectivity index (χ2n) is 6.94. The maximum absolute atomic E-state index is 12.8. The molecule has 4 rings (SSSR count). The summed E-state index contributed by atoms with van der Waals surface area (Å²) in [5.41, 5.74) is 6.18. The zero-order chi connectivity index (χ0) is 18.3. The highest BCUT2D eigenvalue weighted by atomic mass is 16.7. The minimum atomic E-state index is -0.440. The minimum Gasteiger partial charge on any atom is -0.454 e. The first-order valence-corrected chi connectivity index (χ1v) is 8.79. The molecule has 1 atom stereocenters. The van der Waals surface area contributed by atoms with E-state index in [9.17, 15) is 14.4 Å². The molecule has 1 unspecified atom stereocenters. The van der Waals surface area contributed by atoms with Gasteiger partial charge in [0.1, 0.15) is 0 Å². The van der Waals surface area contributed by atoms with Crippen LogP contribution in [0.4, 0.5) is 0 Å². The number of amides is 3. The number of nitrogens with zero attached hydrogens (tertiary/aromatic N) is 2. The van der Waals surface area contributed by atoms with E-state index in [4.69, 9.17) is 15.2 Å². The lowest BCUT2D eigenvalue weighted by Gasteiger charge is -2.33. The molecule has 2 saturated heterocycles. The van der Waals surface area contributed by atoms with Gasteiger partial charge < -0.3 is 15.2 Å². The van der Waals surface area contributed by atoms with Gasteiger partial charge in [0, 0.05) is 5.92 Å². The Kier molecular flexibility index (Phi) is 4.28. The third-order valence-corrected chi connectivity index (χ3v) is 5.37. The van der Waals surface area contributed by atoms with Crippen LogP contribution in [0.1, 0.15) is 24.8 Å². The molecule has 1 aromatic rings. The smallest absolute Gasteiger partial charge is 0.247 e. The first-order valence-electron chi connectivity index (χ1n) is 8.79. The van der Waals surface area contributed by atoms with Crippen molar-refractivity contribution >= 4 is 17.7 Å². The van der Waals surface area contributed by atoms with Crippen molar-refractivity contribution in [1.29, 1.82) is 0 Å². The summed E-state index contributed by atoms with van der Waals surface area (Å²) in [4.78, 5) is 39.8. The molecule has 3 aliphatic heterocycles. The van der Waals surface area contributed by atoms with Crippen molar-refractivity contribution in [1.82, 2.24) is 9.80 Å². The van der Waals surface area contributed by atoms with Crippen molar-refractivity contribution in [2.24, 2.45) is 11.7 Å². The number of hydrogen-bond acceptors (Lipinski definition) is 6. The van der Waals surface area contributed by atoms with Crippen LogP contribution in [-0.2, 0) is 20.9 Å². The Labute approximate surface area is 150 Å². The van der Waals surface area contributed by atoms with E-state index in [0.29, 0.717) is 37.4 Å². The topological polar surface area (TPSA) is 102 Å². The van der Waals surface area contributed by atoms with E-state index >= 15 is 0 Å². The Morgan fingerprint density at radius 3 is 2.62 bits per heavy atom. The normalized spacial score (nSPS) is 23.7. The summed E-state index contributed by atoms with van der Waals surface area (Å²) in [6, 6.07) is 4.98. The van der Waals surface area contributed by atoms with Crippen LogP contribution in [0.5, 0.6) is 11.5 Å². The number of ether oxygens (including phenoxy) is 2. The lowest BCUT2D eigenvalue weighted by Crippen LogP contribution is -2.47. The molecule has 3 aliphatic rings. The highest BCUT2D eigenvalue weighted by Gasteiger charge is 2.43. The standard InChI is InChI=1S/C18H21N3O5/c19-17(23)12-3-5-20(6-4-12)13-8-16(22)21(18(13)24)9-11-1-2-14-15(7-11)26-10-25-14/h1-2,7,12-13H,3-6,8-10H2,(H2,19,23). The van der Waals surface area contributed by atoms with Crippen LogP contribution in [-0.4, -0.2) is 53.4 Å². The Morgan fingerprint density at radius 1 is 1.15 bits per heavy atom. The van der Waals surface area contributed by atoms with Crippen molar-refractivity contribution in [2.75, 3.05) is 19.9 Å². The second-order valence-corrected chi connectivity index (χ2v) is 6.94. The van der Waals surface area contributed by atoms with Gasteiger partial charge in [0.05, 0.1) is 19.0 Å². The van der Waals surface area contributed by atoms with E-state index in [1.165, 1.54) is 4.90 Å². The van der Waals surface area contributed by atoms with Crippen molar-refractivity contribution in [3.05, 3.63) is 23.8 Å². The summed E-state index contributed by atoms with van der Waals surface area (Å²) in [5, 5.41) is 0. The Morgan fingerprint density at radius 2 is 1.88 bits per heavy atom. The predicted octanol–water partition coefficient (Wildman–Crippen LogP) is 0.240. The van der Waals surface area contributed by atoms with Crippen molar-refractivity contribution in [3.63, 3.8) is 0 Å². The van der Waals surface area contributed by atoms with E-state index in [0.717, 1.165) is 5.56 Å². The van der Waals surface area contributed by atoms with Gasteiger partial charge in [-0.1, -0.05) is 6.07 Å². The van der Waals surface area contributed by atoms with Gasteiger partial charge in [0.25, 0.3) is 0 Å². The molecule has 0 aliphatic carbocycles. The van der Waals surface area contributed by atoms with Gasteiger partial charge in [-0.3, -0.25) is 24.2 Å². The van der Waals surface area contributed by atoms with Gasteiger partial charge in [0.2, 0.25) is 24.5 Å². The summed E-state index contributed by atoms with van der Waals surface area (Å²) in [6.45, 7) is 1.62. The number of benzene rings is 1. The number of nitrogens with two attached hydrogens (primary N) is 1. The quantitative estimate of drug-likeness (QED) is 0.773. The van der Waals surface area contributed by atoms with E-state index < -0.39 is 6.04 Å². The monoisotopic (exact) mass is 359 g/mol. The number of likely N-dealkylation sites (tertiary alicyclic amines) is 2. The Balaban J connectivity index is 1.42. The van der Waals surface area contributed by atoms with Gasteiger partial charge in [-0.05, 0) is 43.6 Å². The molecule has 2 fully saturated rings. The van der Waals surface area contributed by atoms with E-state index in [1.807, 2.05) is 11.0 Å². The van der Waals surface area contributed by atoms with E-state index in [-0.39, 0.29) is 43.4 Å². The van der Waals surface area contributed by atoms with Crippen molar-refractivity contribution < 1.29 is 23.9 Å². The molecule has 26 heavy (non-hydrogen) atoms. The summed E-state index contributed by atoms with van der Waals surface area (Å²) >= 11 is 0. The fourth-order valence-electron chi connectivity index (χ4n) is 3.83. The average Bonchev–Trinajstić information content (AvgIpc) is 3.21. The zero-order valence-electron chi connectivity index (χ0n) is 14.3. The van der Waals surface area contributed by atoms with Crippen LogP contribution in [0.25, 0.3) is 0 Å². The summed E-state index contributed by atoms with van der Waals surface area (Å²) in [7, 11) is 0. The lowest BCUT2D eigenvalue weighted by atomic mass is 9.95. The summed E-state index contributed by atoms with van der Waals surface area (Å²) in [5.74, 6) is 0.528. The summed E-state index contributed by atoms with van der Waals surface area (Å²) in [6.07, 6.45) is 1.45. The number of carbonyl (C=O) groups is 3. The van der Waals surface area contributed by atoms with E-state index in [2.05, 4.69) is 0 Å². The third-order valence-electron chi connectivity index (χ3n) is 5.37. The maximum Gasteiger partial charge on any atom is 0.247 e. The maximum atomic E-state index is 12.8. The SMILES string of the molecule is NC(=O)C1CCN(C2CC(=O)N(Cc3ccc4c(c3)OCO4)C2=O)CC1. The molecule has 8 nitrogen and oxygen atoms in total. The van der Waals surface area contributed by atoms with Gasteiger partial charge in [-0.25, -0.2) is 0 Å². The zero-order valence-corrected chi connectivity index (χ0v) is 14.3. The van der Waals surface area contributed by atoms with Gasteiger partial charge in [0.15, 0.2) is 11.5 Å². The van der Waals surface area contributed by atoms with Crippen molar-refractivity contribution in [3.8, 4) is 11.5 Å². The Hall–Kier alpha value is -2.61. The number of fused-ring (bicyclic) bond motifs is 1. The molecule has 0 saturated carbocycles. The number of primary amides is 1. The molecule has 0 spiro atoms. The first-order chi connectivity index (χ1) is 12.5. The lowest BCUT2D eigenvalue weighted by molar-refractivity contribution is -0.140. The van der Waals surface area contributed by atoms with Crippen LogP contribution in [0.15, 0.2) is 18.2 Å². The van der Waals surface area contributed by atoms with Crippen LogP contribution in [0.3, 0.4) is 0 Å². The number of piperidine rings is 1.